The van der Waals surface area contributed by atoms with Crippen molar-refractivity contribution >= 4 is 70.5 Å². The van der Waals surface area contributed by atoms with E-state index in [4.69, 9.17) is 4.42 Å². The van der Waals surface area contributed by atoms with Crippen LogP contribution in [0.1, 0.15) is 22.3 Å². The minimum Gasteiger partial charge on any atom is -0.454 e. The number of benzene rings is 8. The van der Waals surface area contributed by atoms with Crippen LogP contribution in [0.15, 0.2) is 192 Å². The van der Waals surface area contributed by atoms with E-state index in [0.717, 1.165) is 39.0 Å². The number of fused-ring (bicyclic) bond motifs is 9. The van der Waals surface area contributed by atoms with Gasteiger partial charge < -0.3 is 9.32 Å². The first kappa shape index (κ1) is 29.3. The lowest BCUT2D eigenvalue weighted by molar-refractivity contribution is 0.666. The highest BCUT2D eigenvalue weighted by molar-refractivity contribution is 7.26. The van der Waals surface area contributed by atoms with Gasteiger partial charge in [0.2, 0.25) is 0 Å². The molecule has 10 aromatic rings. The van der Waals surface area contributed by atoms with Crippen molar-refractivity contribution in [3.63, 3.8) is 0 Å². The van der Waals surface area contributed by atoms with Gasteiger partial charge in [0, 0.05) is 36.6 Å². The van der Waals surface area contributed by atoms with E-state index in [2.05, 4.69) is 193 Å². The summed E-state index contributed by atoms with van der Waals surface area (Å²) in [6.07, 6.45) is 0. The molecule has 11 rings (SSSR count). The number of para-hydroxylation sites is 2. The lowest BCUT2D eigenvalue weighted by Gasteiger charge is -2.33. The van der Waals surface area contributed by atoms with Gasteiger partial charge in [-0.3, -0.25) is 0 Å². The number of hydrogen-bond donors (Lipinski definition) is 0. The first-order valence-corrected chi connectivity index (χ1v) is 18.6. The number of thiophene rings is 1. The quantitative estimate of drug-likeness (QED) is 0.180. The van der Waals surface area contributed by atoms with Crippen LogP contribution in [0.25, 0.3) is 53.2 Å². The first-order chi connectivity index (χ1) is 25.8. The Hall–Kier alpha value is -6.42. The second-order valence-electron chi connectivity index (χ2n) is 13.6. The van der Waals surface area contributed by atoms with Gasteiger partial charge in [0.15, 0.2) is 5.58 Å². The summed E-state index contributed by atoms with van der Waals surface area (Å²) in [5, 5.41) is 4.73. The van der Waals surface area contributed by atoms with E-state index in [-0.39, 0.29) is 0 Å². The highest BCUT2D eigenvalue weighted by Gasteiger charge is 2.46. The second-order valence-corrected chi connectivity index (χ2v) is 14.7. The molecule has 3 heteroatoms. The molecular weight excluding hydrogens is 651 g/mol. The average molecular weight is 682 g/mol. The summed E-state index contributed by atoms with van der Waals surface area (Å²) in [6.45, 7) is 0. The van der Waals surface area contributed by atoms with E-state index in [0.29, 0.717) is 0 Å². The van der Waals surface area contributed by atoms with E-state index in [1.165, 1.54) is 53.6 Å². The molecule has 0 bridgehead atoms. The smallest absolute Gasteiger partial charge is 0.159 e. The van der Waals surface area contributed by atoms with Gasteiger partial charge in [-0.1, -0.05) is 146 Å². The SMILES string of the molecule is c1ccc(N(c2cccc3c2oc2cc(C4(c5ccccc5)c5ccccc5-c5ccccc54)ccc23)c2cccc3sc4ccccc4c23)cc1. The third-order valence-electron chi connectivity index (χ3n) is 10.9. The van der Waals surface area contributed by atoms with Crippen LogP contribution in [-0.2, 0) is 5.41 Å². The predicted molar refractivity (Wildman–Crippen MR) is 219 cm³/mol. The Morgan fingerprint density at radius 2 is 1.06 bits per heavy atom. The Morgan fingerprint density at radius 1 is 0.442 bits per heavy atom. The number of furan rings is 1. The molecule has 0 spiro atoms. The van der Waals surface area contributed by atoms with E-state index >= 15 is 0 Å². The first-order valence-electron chi connectivity index (χ1n) is 17.8. The van der Waals surface area contributed by atoms with Crippen molar-refractivity contribution in [2.75, 3.05) is 4.90 Å². The molecule has 0 radical (unpaired) electrons. The van der Waals surface area contributed by atoms with Crippen LogP contribution >= 0.6 is 11.3 Å². The molecule has 0 aliphatic heterocycles. The molecular formula is C49H31NOS. The van der Waals surface area contributed by atoms with Gasteiger partial charge in [-0.2, -0.15) is 0 Å². The van der Waals surface area contributed by atoms with Crippen LogP contribution < -0.4 is 4.90 Å². The van der Waals surface area contributed by atoms with Crippen molar-refractivity contribution in [3.05, 3.63) is 210 Å². The largest absolute Gasteiger partial charge is 0.454 e. The molecule has 1 aliphatic rings. The van der Waals surface area contributed by atoms with Gasteiger partial charge >= 0.3 is 0 Å². The van der Waals surface area contributed by atoms with Crippen molar-refractivity contribution in [1.82, 2.24) is 0 Å². The number of anilines is 3. The van der Waals surface area contributed by atoms with Gasteiger partial charge in [0.1, 0.15) is 5.58 Å². The Morgan fingerprint density at radius 3 is 1.85 bits per heavy atom. The minimum atomic E-state index is -0.490. The maximum atomic E-state index is 7.11. The standard InChI is InChI=1S/C49H31NOS/c1-3-15-32(16-4-1)49(40-23-10-7-19-35(40)36-20-8-11-24-41(36)49)33-29-30-37-38-22-13-26-43(48(38)51-44(37)31-33)50(34-17-5-2-6-18-34)42-25-14-28-46-47(42)39-21-9-12-27-45(39)52-46/h1-31H. The molecule has 2 nitrogen and oxygen atoms in total. The van der Waals surface area contributed by atoms with Gasteiger partial charge in [0.25, 0.3) is 0 Å². The van der Waals surface area contributed by atoms with E-state index in [1.807, 2.05) is 11.3 Å². The Kier molecular flexibility index (Phi) is 6.37. The second kappa shape index (κ2) is 11.3. The lowest BCUT2D eigenvalue weighted by Crippen LogP contribution is -2.28. The molecule has 8 aromatic carbocycles. The third kappa shape index (κ3) is 4.06. The summed E-state index contributed by atoms with van der Waals surface area (Å²) in [4.78, 5) is 2.38. The molecule has 0 saturated heterocycles. The molecule has 2 heterocycles. The molecule has 0 atom stereocenters. The Labute approximate surface area is 305 Å². The fourth-order valence-corrected chi connectivity index (χ4v) is 9.96. The minimum absolute atomic E-state index is 0.490. The summed E-state index contributed by atoms with van der Waals surface area (Å²) in [7, 11) is 0. The number of hydrogen-bond acceptors (Lipinski definition) is 3. The molecule has 0 saturated carbocycles. The summed E-state index contributed by atoms with van der Waals surface area (Å²) in [6, 6.07) is 68.2. The molecule has 244 valence electrons. The van der Waals surface area contributed by atoms with Crippen LogP contribution in [0, 0.1) is 0 Å². The molecule has 1 aliphatic carbocycles. The highest BCUT2D eigenvalue weighted by atomic mass is 32.1. The molecule has 0 fully saturated rings. The van der Waals surface area contributed by atoms with Crippen molar-refractivity contribution in [1.29, 1.82) is 0 Å². The molecule has 0 N–H and O–H groups in total. The summed E-state index contributed by atoms with van der Waals surface area (Å²) < 4.78 is 9.66. The van der Waals surface area contributed by atoms with Crippen molar-refractivity contribution in [3.8, 4) is 11.1 Å². The molecule has 0 amide bonds. The Bertz CT molecular complexity index is 2930. The fraction of sp³-hybridized carbons (Fsp3) is 0.0204. The van der Waals surface area contributed by atoms with Crippen molar-refractivity contribution in [2.24, 2.45) is 0 Å². The topological polar surface area (TPSA) is 16.4 Å². The zero-order chi connectivity index (χ0) is 34.2. The van der Waals surface area contributed by atoms with Crippen LogP contribution in [0.2, 0.25) is 0 Å². The summed E-state index contributed by atoms with van der Waals surface area (Å²) in [5.74, 6) is 0. The van der Waals surface area contributed by atoms with E-state index in [1.54, 1.807) is 0 Å². The average Bonchev–Trinajstić information content (AvgIpc) is 3.88. The maximum Gasteiger partial charge on any atom is 0.159 e. The maximum absolute atomic E-state index is 7.11. The van der Waals surface area contributed by atoms with E-state index in [9.17, 15) is 0 Å². The monoisotopic (exact) mass is 681 g/mol. The van der Waals surface area contributed by atoms with Crippen LogP contribution in [-0.4, -0.2) is 0 Å². The summed E-state index contributed by atoms with van der Waals surface area (Å²) in [5.41, 5.74) is 12.1. The fourth-order valence-electron chi connectivity index (χ4n) is 8.83. The van der Waals surface area contributed by atoms with Gasteiger partial charge in [-0.25, -0.2) is 0 Å². The summed E-state index contributed by atoms with van der Waals surface area (Å²) >= 11 is 1.84. The predicted octanol–water partition coefficient (Wildman–Crippen LogP) is 13.8. The van der Waals surface area contributed by atoms with Gasteiger partial charge in [-0.15, -0.1) is 11.3 Å². The normalized spacial score (nSPS) is 13.2. The Balaban J connectivity index is 1.18. The number of nitrogens with zero attached hydrogens (tertiary/aromatic N) is 1. The van der Waals surface area contributed by atoms with Crippen LogP contribution in [0.3, 0.4) is 0 Å². The van der Waals surface area contributed by atoms with Crippen molar-refractivity contribution < 1.29 is 4.42 Å². The lowest BCUT2D eigenvalue weighted by atomic mass is 9.67. The number of rotatable bonds is 5. The van der Waals surface area contributed by atoms with E-state index < -0.39 is 5.41 Å². The van der Waals surface area contributed by atoms with Crippen molar-refractivity contribution in [2.45, 2.75) is 5.41 Å². The zero-order valence-electron chi connectivity index (χ0n) is 28.2. The molecule has 0 unspecified atom stereocenters. The highest BCUT2D eigenvalue weighted by Crippen LogP contribution is 2.56. The van der Waals surface area contributed by atoms with Crippen LogP contribution in [0.4, 0.5) is 17.1 Å². The van der Waals surface area contributed by atoms with Gasteiger partial charge in [-0.05, 0) is 75.8 Å². The van der Waals surface area contributed by atoms with Gasteiger partial charge in [0.05, 0.1) is 16.8 Å². The zero-order valence-corrected chi connectivity index (χ0v) is 29.0. The third-order valence-corrected chi connectivity index (χ3v) is 12.1. The van der Waals surface area contributed by atoms with Crippen LogP contribution in [0.5, 0.6) is 0 Å². The molecule has 2 aromatic heterocycles. The molecule has 52 heavy (non-hydrogen) atoms.